The van der Waals surface area contributed by atoms with Crippen molar-refractivity contribution in [2.75, 3.05) is 13.6 Å². The molecule has 0 aromatic heterocycles. The van der Waals surface area contributed by atoms with Gasteiger partial charge < -0.3 is 10.0 Å². The number of hydrogen-bond donors (Lipinski definition) is 2. The predicted octanol–water partition coefficient (Wildman–Crippen LogP) is -0.0988. The van der Waals surface area contributed by atoms with Gasteiger partial charge in [0.15, 0.2) is 0 Å². The predicted molar refractivity (Wildman–Crippen MR) is 64.5 cm³/mol. The molecule has 98 valence electrons. The van der Waals surface area contributed by atoms with E-state index in [2.05, 4.69) is 4.72 Å². The number of para-hydroxylation sites is 1. The number of aromatic hydroxyl groups is 1. The van der Waals surface area contributed by atoms with Gasteiger partial charge in [-0.25, -0.2) is 8.42 Å². The number of benzene rings is 1. The Labute approximate surface area is 105 Å². The molecule has 1 atom stereocenters. The Kier molecular flexibility index (Phi) is 3.27. The highest BCUT2D eigenvalue weighted by Gasteiger charge is 2.33. The summed E-state index contributed by atoms with van der Waals surface area (Å²) in [6.45, 7) is 0.521. The molecule has 1 fully saturated rings. The van der Waals surface area contributed by atoms with E-state index in [9.17, 15) is 18.3 Å². The summed E-state index contributed by atoms with van der Waals surface area (Å²) >= 11 is 0. The first kappa shape index (κ1) is 12.8. The molecule has 0 spiro atoms. The average Bonchev–Trinajstić information content (AvgIpc) is 2.61. The molecule has 2 rings (SSSR count). The molecule has 0 bridgehead atoms. The Bertz CT molecular complexity index is 570. The Morgan fingerprint density at radius 2 is 2.06 bits per heavy atom. The fourth-order valence-electron chi connectivity index (χ4n) is 1.87. The molecule has 0 aliphatic carbocycles. The van der Waals surface area contributed by atoms with Crippen LogP contribution in [0.3, 0.4) is 0 Å². The molecule has 6 nitrogen and oxygen atoms in total. The minimum absolute atomic E-state index is 0.215. The van der Waals surface area contributed by atoms with Crippen LogP contribution >= 0.6 is 0 Å². The number of phenolic OH excluding ortho intramolecular Hbond substituents is 1. The molecule has 2 N–H and O–H groups in total. The number of likely N-dealkylation sites (tertiary alicyclic amines) is 1. The summed E-state index contributed by atoms with van der Waals surface area (Å²) < 4.78 is 26.4. The molecule has 0 saturated carbocycles. The van der Waals surface area contributed by atoms with Gasteiger partial charge in [-0.1, -0.05) is 12.1 Å². The van der Waals surface area contributed by atoms with Gasteiger partial charge in [0.2, 0.25) is 15.9 Å². The summed E-state index contributed by atoms with van der Waals surface area (Å²) in [6.07, 6.45) is 0.433. The zero-order valence-corrected chi connectivity index (χ0v) is 10.6. The Hall–Kier alpha value is -1.60. The van der Waals surface area contributed by atoms with Crippen LogP contribution in [0.4, 0.5) is 0 Å². The maximum atomic E-state index is 12.0. The van der Waals surface area contributed by atoms with E-state index >= 15 is 0 Å². The lowest BCUT2D eigenvalue weighted by molar-refractivity contribution is -0.127. The number of rotatable bonds is 3. The largest absolute Gasteiger partial charge is 0.507 e. The van der Waals surface area contributed by atoms with Crippen molar-refractivity contribution in [2.45, 2.75) is 17.4 Å². The van der Waals surface area contributed by atoms with E-state index in [0.29, 0.717) is 13.0 Å². The molecule has 7 heteroatoms. The second-order valence-corrected chi connectivity index (χ2v) is 5.87. The molecular weight excluding hydrogens is 256 g/mol. The molecule has 0 radical (unpaired) electrons. The van der Waals surface area contributed by atoms with Crippen molar-refractivity contribution in [1.82, 2.24) is 9.62 Å². The first-order valence-corrected chi connectivity index (χ1v) is 6.95. The third-order valence-corrected chi connectivity index (χ3v) is 4.40. The van der Waals surface area contributed by atoms with Gasteiger partial charge in [-0.2, -0.15) is 4.72 Å². The zero-order valence-electron chi connectivity index (χ0n) is 9.83. The van der Waals surface area contributed by atoms with E-state index in [0.717, 1.165) is 0 Å². The third-order valence-electron chi connectivity index (χ3n) is 2.88. The topological polar surface area (TPSA) is 86.7 Å². The smallest absolute Gasteiger partial charge is 0.244 e. The second kappa shape index (κ2) is 4.58. The van der Waals surface area contributed by atoms with Crippen LogP contribution in [0.2, 0.25) is 0 Å². The van der Waals surface area contributed by atoms with Gasteiger partial charge >= 0.3 is 0 Å². The Balaban J connectivity index is 2.24. The van der Waals surface area contributed by atoms with Crippen LogP contribution in [0.1, 0.15) is 6.42 Å². The minimum atomic E-state index is -3.88. The van der Waals surface area contributed by atoms with Gasteiger partial charge in [0.05, 0.1) is 0 Å². The van der Waals surface area contributed by atoms with Crippen molar-refractivity contribution in [3.8, 4) is 5.75 Å². The normalized spacial score (nSPS) is 20.4. The number of amides is 1. The van der Waals surface area contributed by atoms with Gasteiger partial charge in [0, 0.05) is 13.6 Å². The number of phenols is 1. The summed E-state index contributed by atoms with van der Waals surface area (Å²) in [5.74, 6) is -0.585. The molecule has 18 heavy (non-hydrogen) atoms. The highest BCUT2D eigenvalue weighted by atomic mass is 32.2. The van der Waals surface area contributed by atoms with E-state index in [-0.39, 0.29) is 16.6 Å². The highest BCUT2D eigenvalue weighted by Crippen LogP contribution is 2.22. The van der Waals surface area contributed by atoms with Crippen LogP contribution in [-0.4, -0.2) is 44.0 Å². The van der Waals surface area contributed by atoms with Gasteiger partial charge in [-0.3, -0.25) is 4.79 Å². The number of likely N-dealkylation sites (N-methyl/N-ethyl adjacent to an activating group) is 1. The summed E-state index contributed by atoms with van der Waals surface area (Å²) in [4.78, 5) is 12.9. The number of hydrogen-bond acceptors (Lipinski definition) is 4. The van der Waals surface area contributed by atoms with Crippen LogP contribution < -0.4 is 4.72 Å². The highest BCUT2D eigenvalue weighted by molar-refractivity contribution is 7.89. The van der Waals surface area contributed by atoms with E-state index in [1.54, 1.807) is 7.05 Å². The fraction of sp³-hybridized carbons (Fsp3) is 0.364. The van der Waals surface area contributed by atoms with Crippen molar-refractivity contribution in [3.63, 3.8) is 0 Å². The minimum Gasteiger partial charge on any atom is -0.507 e. The molecule has 1 aromatic rings. The van der Waals surface area contributed by atoms with Crippen LogP contribution in [0.15, 0.2) is 29.2 Å². The number of sulfonamides is 1. The van der Waals surface area contributed by atoms with Gasteiger partial charge in [0.1, 0.15) is 16.7 Å². The van der Waals surface area contributed by atoms with Crippen molar-refractivity contribution in [3.05, 3.63) is 24.3 Å². The molecule has 1 unspecified atom stereocenters. The van der Waals surface area contributed by atoms with Crippen molar-refractivity contribution in [2.24, 2.45) is 0 Å². The summed E-state index contributed by atoms with van der Waals surface area (Å²) in [7, 11) is -2.26. The van der Waals surface area contributed by atoms with Crippen LogP contribution in [0, 0.1) is 0 Å². The number of nitrogens with one attached hydrogen (secondary N) is 1. The Morgan fingerprint density at radius 1 is 1.39 bits per heavy atom. The second-order valence-electron chi connectivity index (χ2n) is 4.19. The van der Waals surface area contributed by atoms with Crippen molar-refractivity contribution < 1.29 is 18.3 Å². The maximum absolute atomic E-state index is 12.0. The van der Waals surface area contributed by atoms with E-state index in [1.165, 1.54) is 29.2 Å². The lowest BCUT2D eigenvalue weighted by atomic mass is 10.3. The zero-order chi connectivity index (χ0) is 13.3. The Morgan fingerprint density at radius 3 is 2.61 bits per heavy atom. The third kappa shape index (κ3) is 2.32. The standard InChI is InChI=1S/C11H14N2O4S/c1-13-7-6-8(11(13)15)12-18(16,17)10-5-3-2-4-9(10)14/h2-5,8,12,14H,6-7H2,1H3. The number of nitrogens with zero attached hydrogens (tertiary/aromatic N) is 1. The van der Waals surface area contributed by atoms with Gasteiger partial charge in [0.25, 0.3) is 0 Å². The van der Waals surface area contributed by atoms with Gasteiger partial charge in [-0.15, -0.1) is 0 Å². The quantitative estimate of drug-likeness (QED) is 0.803. The fourth-order valence-corrected chi connectivity index (χ4v) is 3.19. The first-order chi connectivity index (χ1) is 8.42. The molecule has 1 aliphatic rings. The van der Waals surface area contributed by atoms with Crippen molar-refractivity contribution >= 4 is 15.9 Å². The SMILES string of the molecule is CN1CCC(NS(=O)(=O)c2ccccc2O)C1=O. The lowest BCUT2D eigenvalue weighted by Crippen LogP contribution is -2.40. The van der Waals surface area contributed by atoms with Crippen LogP contribution in [0.5, 0.6) is 5.75 Å². The maximum Gasteiger partial charge on any atom is 0.244 e. The van der Waals surface area contributed by atoms with E-state index in [4.69, 9.17) is 0 Å². The summed E-state index contributed by atoms with van der Waals surface area (Å²) in [6, 6.07) is 4.87. The van der Waals surface area contributed by atoms with Crippen LogP contribution in [-0.2, 0) is 14.8 Å². The molecule has 1 amide bonds. The van der Waals surface area contributed by atoms with E-state index < -0.39 is 16.1 Å². The number of carbonyl (C=O) groups is 1. The molecule has 1 heterocycles. The van der Waals surface area contributed by atoms with Gasteiger partial charge in [-0.05, 0) is 18.6 Å². The number of carbonyl (C=O) groups excluding carboxylic acids is 1. The van der Waals surface area contributed by atoms with Crippen molar-refractivity contribution in [1.29, 1.82) is 0 Å². The monoisotopic (exact) mass is 270 g/mol. The van der Waals surface area contributed by atoms with E-state index in [1.807, 2.05) is 0 Å². The summed E-state index contributed by atoms with van der Waals surface area (Å²) in [5.41, 5.74) is 0. The molecule has 1 aromatic carbocycles. The first-order valence-electron chi connectivity index (χ1n) is 5.47. The lowest BCUT2D eigenvalue weighted by Gasteiger charge is -2.13. The summed E-state index contributed by atoms with van der Waals surface area (Å²) in [5, 5.41) is 9.52. The molecule has 1 aliphatic heterocycles. The average molecular weight is 270 g/mol. The molecular formula is C11H14N2O4S. The molecule has 1 saturated heterocycles. The van der Waals surface area contributed by atoms with Crippen LogP contribution in [0.25, 0.3) is 0 Å².